The number of esters is 1. The number of piperidine rings is 1. The summed E-state index contributed by atoms with van der Waals surface area (Å²) >= 11 is 5.97. The van der Waals surface area contributed by atoms with Crippen molar-refractivity contribution in [3.05, 3.63) is 64.4 Å². The molecule has 0 amide bonds. The van der Waals surface area contributed by atoms with Crippen LogP contribution in [-0.2, 0) is 19.6 Å². The molecule has 3 rings (SSSR count). The van der Waals surface area contributed by atoms with E-state index >= 15 is 0 Å². The van der Waals surface area contributed by atoms with Crippen molar-refractivity contribution in [2.24, 2.45) is 0 Å². The normalized spacial score (nSPS) is 16.2. The van der Waals surface area contributed by atoms with Gasteiger partial charge >= 0.3 is 5.97 Å². The fourth-order valence-electron chi connectivity index (χ4n) is 3.12. The molecular formula is C20H19ClFNO5S. The zero-order valence-electron chi connectivity index (χ0n) is 15.4. The number of rotatable bonds is 6. The molecule has 29 heavy (non-hydrogen) atoms. The van der Waals surface area contributed by atoms with Crippen molar-refractivity contribution in [2.75, 3.05) is 13.1 Å². The Balaban J connectivity index is 1.92. The lowest BCUT2D eigenvalue weighted by Gasteiger charge is -2.26. The second kappa shape index (κ2) is 9.02. The highest BCUT2D eigenvalue weighted by Crippen LogP contribution is 2.29. The first kappa shape index (κ1) is 21.4. The fraction of sp³-hybridized carbons (Fsp3) is 0.300. The van der Waals surface area contributed by atoms with Crippen molar-refractivity contribution >= 4 is 33.9 Å². The summed E-state index contributed by atoms with van der Waals surface area (Å²) in [5, 5.41) is -0.303. The van der Waals surface area contributed by atoms with Gasteiger partial charge in [-0.25, -0.2) is 17.6 Å². The average Bonchev–Trinajstić information content (AvgIpc) is 2.73. The molecule has 0 spiro atoms. The van der Waals surface area contributed by atoms with E-state index in [9.17, 15) is 22.4 Å². The predicted octanol–water partition coefficient (Wildman–Crippen LogP) is 3.75. The van der Waals surface area contributed by atoms with Gasteiger partial charge in [-0.1, -0.05) is 48.4 Å². The Kier molecular flexibility index (Phi) is 6.66. The summed E-state index contributed by atoms with van der Waals surface area (Å²) in [6.45, 7) is 0.566. The lowest BCUT2D eigenvalue weighted by molar-refractivity contribution is -0.115. The van der Waals surface area contributed by atoms with Crippen molar-refractivity contribution in [3.8, 4) is 0 Å². The summed E-state index contributed by atoms with van der Waals surface area (Å²) in [5.41, 5.74) is 0.113. The van der Waals surface area contributed by atoms with Crippen LogP contribution in [0.25, 0.3) is 0 Å². The number of hydrogen-bond donors (Lipinski definition) is 0. The van der Waals surface area contributed by atoms with Crippen molar-refractivity contribution < 1.29 is 27.1 Å². The Morgan fingerprint density at radius 2 is 1.79 bits per heavy atom. The lowest BCUT2D eigenvalue weighted by atomic mass is 10.1. The molecular weight excluding hydrogens is 421 g/mol. The Labute approximate surface area is 173 Å². The third-order valence-electron chi connectivity index (χ3n) is 4.66. The van der Waals surface area contributed by atoms with Crippen LogP contribution in [0.2, 0.25) is 5.02 Å². The van der Waals surface area contributed by atoms with E-state index in [0.29, 0.717) is 24.7 Å². The summed E-state index contributed by atoms with van der Waals surface area (Å²) < 4.78 is 46.5. The van der Waals surface area contributed by atoms with E-state index in [1.165, 1.54) is 4.31 Å². The van der Waals surface area contributed by atoms with Gasteiger partial charge in [0.2, 0.25) is 10.0 Å². The number of sulfonamides is 1. The van der Waals surface area contributed by atoms with Crippen molar-refractivity contribution in [1.82, 2.24) is 4.31 Å². The highest BCUT2D eigenvalue weighted by molar-refractivity contribution is 7.89. The quantitative estimate of drug-likeness (QED) is 0.505. The topological polar surface area (TPSA) is 80.8 Å². The van der Waals surface area contributed by atoms with E-state index in [0.717, 1.165) is 18.6 Å². The Hall–Kier alpha value is -2.29. The lowest BCUT2D eigenvalue weighted by Crippen LogP contribution is -2.36. The van der Waals surface area contributed by atoms with Gasteiger partial charge in [-0.2, -0.15) is 4.31 Å². The van der Waals surface area contributed by atoms with E-state index in [4.69, 9.17) is 16.3 Å². The first-order chi connectivity index (χ1) is 13.8. The molecule has 154 valence electrons. The van der Waals surface area contributed by atoms with Gasteiger partial charge in [-0.3, -0.25) is 4.79 Å². The zero-order chi connectivity index (χ0) is 21.0. The minimum Gasteiger partial charge on any atom is -0.446 e. The van der Waals surface area contributed by atoms with E-state index in [1.807, 2.05) is 0 Å². The maximum atomic E-state index is 14.4. The maximum Gasteiger partial charge on any atom is 0.340 e. The maximum absolute atomic E-state index is 14.4. The van der Waals surface area contributed by atoms with E-state index < -0.39 is 32.8 Å². The molecule has 1 aliphatic heterocycles. The molecule has 1 unspecified atom stereocenters. The highest BCUT2D eigenvalue weighted by Gasteiger charge is 2.31. The SMILES string of the molecule is O=CC(OC(=O)c1cc(S(=O)(=O)N2CCCCC2)c(F)cc1Cl)c1ccccc1. The number of halogens is 2. The van der Waals surface area contributed by atoms with Crippen LogP contribution in [0.3, 0.4) is 0 Å². The van der Waals surface area contributed by atoms with Gasteiger partial charge in [0.1, 0.15) is 10.7 Å². The van der Waals surface area contributed by atoms with Crippen LogP contribution in [0.4, 0.5) is 4.39 Å². The molecule has 0 aromatic heterocycles. The van der Waals surface area contributed by atoms with Gasteiger partial charge in [-0.05, 0) is 30.5 Å². The standard InChI is InChI=1S/C20H19ClFNO5S/c21-16-12-17(22)19(29(26,27)23-9-5-2-6-10-23)11-15(16)20(25)28-18(13-24)14-7-3-1-4-8-14/h1,3-4,7-8,11-13,18H,2,5-6,9-10H2. The van der Waals surface area contributed by atoms with Crippen LogP contribution >= 0.6 is 11.6 Å². The molecule has 1 aliphatic rings. The van der Waals surface area contributed by atoms with Crippen LogP contribution in [0.5, 0.6) is 0 Å². The van der Waals surface area contributed by atoms with E-state index in [1.54, 1.807) is 30.3 Å². The molecule has 0 N–H and O–H groups in total. The minimum absolute atomic E-state index is 0.283. The molecule has 0 radical (unpaired) electrons. The number of hydrogen-bond acceptors (Lipinski definition) is 5. The molecule has 0 aliphatic carbocycles. The Morgan fingerprint density at radius 1 is 1.14 bits per heavy atom. The van der Waals surface area contributed by atoms with Crippen LogP contribution in [0.1, 0.15) is 41.3 Å². The largest absolute Gasteiger partial charge is 0.446 e. The summed E-state index contributed by atoms with van der Waals surface area (Å²) in [7, 11) is -4.13. The second-order valence-corrected chi connectivity index (χ2v) is 8.91. The Morgan fingerprint density at radius 3 is 2.41 bits per heavy atom. The van der Waals surface area contributed by atoms with Gasteiger partial charge in [0, 0.05) is 13.1 Å². The second-order valence-electron chi connectivity index (χ2n) is 6.60. The Bertz CT molecular complexity index is 1010. The van der Waals surface area contributed by atoms with Gasteiger partial charge < -0.3 is 4.74 Å². The molecule has 0 bridgehead atoms. The number of nitrogens with zero attached hydrogens (tertiary/aromatic N) is 1. The van der Waals surface area contributed by atoms with Gasteiger partial charge in [-0.15, -0.1) is 0 Å². The molecule has 0 saturated carbocycles. The fourth-order valence-corrected chi connectivity index (χ4v) is 4.94. The van der Waals surface area contributed by atoms with Gasteiger partial charge in [0.05, 0.1) is 10.6 Å². The van der Waals surface area contributed by atoms with E-state index in [2.05, 4.69) is 0 Å². The van der Waals surface area contributed by atoms with Gasteiger partial charge in [0.15, 0.2) is 12.4 Å². The summed E-state index contributed by atoms with van der Waals surface area (Å²) in [4.78, 5) is 23.3. The molecule has 1 heterocycles. The monoisotopic (exact) mass is 439 g/mol. The first-order valence-electron chi connectivity index (χ1n) is 9.05. The number of carbonyl (C=O) groups excluding carboxylic acids is 2. The van der Waals surface area contributed by atoms with E-state index in [-0.39, 0.29) is 23.7 Å². The number of benzene rings is 2. The van der Waals surface area contributed by atoms with Crippen molar-refractivity contribution in [3.63, 3.8) is 0 Å². The smallest absolute Gasteiger partial charge is 0.340 e. The summed E-state index contributed by atoms with van der Waals surface area (Å²) in [6.07, 6.45) is 1.50. The van der Waals surface area contributed by atoms with Crippen LogP contribution in [0.15, 0.2) is 47.4 Å². The van der Waals surface area contributed by atoms with Gasteiger partial charge in [0.25, 0.3) is 0 Å². The molecule has 9 heteroatoms. The molecule has 1 atom stereocenters. The summed E-state index contributed by atoms with van der Waals surface area (Å²) in [5.74, 6) is -2.07. The van der Waals surface area contributed by atoms with Crippen molar-refractivity contribution in [1.29, 1.82) is 0 Å². The minimum atomic E-state index is -4.13. The summed E-state index contributed by atoms with van der Waals surface area (Å²) in [6, 6.07) is 9.93. The van der Waals surface area contributed by atoms with Crippen LogP contribution in [-0.4, -0.2) is 38.1 Å². The van der Waals surface area contributed by atoms with Crippen LogP contribution in [0, 0.1) is 5.82 Å². The third-order valence-corrected chi connectivity index (χ3v) is 6.89. The van der Waals surface area contributed by atoms with Crippen LogP contribution < -0.4 is 0 Å². The molecule has 2 aromatic rings. The number of aldehydes is 1. The molecule has 6 nitrogen and oxygen atoms in total. The number of ether oxygens (including phenoxy) is 1. The third kappa shape index (κ3) is 4.66. The predicted molar refractivity (Wildman–Crippen MR) is 105 cm³/mol. The highest BCUT2D eigenvalue weighted by atomic mass is 35.5. The number of carbonyl (C=O) groups is 2. The first-order valence-corrected chi connectivity index (χ1v) is 10.9. The molecule has 1 saturated heterocycles. The molecule has 2 aromatic carbocycles. The molecule has 1 fully saturated rings. The van der Waals surface area contributed by atoms with Crippen molar-refractivity contribution in [2.45, 2.75) is 30.3 Å². The average molecular weight is 440 g/mol. The zero-order valence-corrected chi connectivity index (χ0v) is 17.0.